The first kappa shape index (κ1) is 11.9. The van der Waals surface area contributed by atoms with Gasteiger partial charge in [-0.2, -0.15) is 5.26 Å². The molecule has 0 radical (unpaired) electrons. The van der Waals surface area contributed by atoms with Crippen molar-refractivity contribution in [3.8, 4) is 6.07 Å². The maximum Gasteiger partial charge on any atom is 0.101 e. The molecule has 0 heterocycles. The lowest BCUT2D eigenvalue weighted by Crippen LogP contribution is -2.36. The average Bonchev–Trinajstić information content (AvgIpc) is 2.34. The zero-order chi connectivity index (χ0) is 12.3. The van der Waals surface area contributed by atoms with Gasteiger partial charge in [-0.3, -0.25) is 0 Å². The first-order valence-corrected chi connectivity index (χ1v) is 6.16. The molecule has 1 aromatic carbocycles. The molecule has 0 bridgehead atoms. The van der Waals surface area contributed by atoms with Crippen molar-refractivity contribution >= 4 is 5.69 Å². The van der Waals surface area contributed by atoms with Crippen LogP contribution in [0.5, 0.6) is 0 Å². The van der Waals surface area contributed by atoms with Crippen molar-refractivity contribution in [3.63, 3.8) is 0 Å². The smallest absolute Gasteiger partial charge is 0.101 e. The van der Waals surface area contributed by atoms with Crippen LogP contribution in [-0.4, -0.2) is 17.3 Å². The summed E-state index contributed by atoms with van der Waals surface area (Å²) in [5.74, 6) is 0. The number of aliphatic hydroxyl groups is 1. The van der Waals surface area contributed by atoms with Gasteiger partial charge in [0, 0.05) is 0 Å². The summed E-state index contributed by atoms with van der Waals surface area (Å²) < 4.78 is 0. The van der Waals surface area contributed by atoms with Crippen LogP contribution < -0.4 is 5.32 Å². The van der Waals surface area contributed by atoms with Crippen LogP contribution in [0.2, 0.25) is 0 Å². The lowest BCUT2D eigenvalue weighted by Gasteiger charge is -2.29. The molecule has 0 spiro atoms. The molecule has 0 aliphatic heterocycles. The molecule has 17 heavy (non-hydrogen) atoms. The van der Waals surface area contributed by atoms with Crippen LogP contribution >= 0.6 is 0 Å². The molecule has 1 aliphatic rings. The van der Waals surface area contributed by atoms with E-state index >= 15 is 0 Å². The van der Waals surface area contributed by atoms with E-state index < -0.39 is 0 Å². The Morgan fingerprint density at radius 1 is 1.35 bits per heavy atom. The van der Waals surface area contributed by atoms with Crippen LogP contribution in [0.25, 0.3) is 0 Å². The Bertz CT molecular complexity index is 436. The van der Waals surface area contributed by atoms with Gasteiger partial charge in [-0.05, 0) is 37.5 Å². The second-order valence-electron chi connectivity index (χ2n) is 4.76. The highest BCUT2D eigenvalue weighted by Crippen LogP contribution is 2.24. The van der Waals surface area contributed by atoms with Crippen molar-refractivity contribution in [2.75, 3.05) is 5.32 Å². The molecule has 90 valence electrons. The number of nitrogens with one attached hydrogen (secondary N) is 1. The number of hydrogen-bond acceptors (Lipinski definition) is 3. The molecule has 1 aromatic rings. The summed E-state index contributed by atoms with van der Waals surface area (Å²) in [5.41, 5.74) is 2.57. The quantitative estimate of drug-likeness (QED) is 0.821. The second-order valence-corrected chi connectivity index (χ2v) is 4.76. The van der Waals surface area contributed by atoms with E-state index in [1.807, 2.05) is 25.1 Å². The summed E-state index contributed by atoms with van der Waals surface area (Å²) in [6.45, 7) is 1.97. The Hall–Kier alpha value is -1.53. The Labute approximate surface area is 102 Å². The van der Waals surface area contributed by atoms with Gasteiger partial charge in [0.05, 0.1) is 23.4 Å². The first-order chi connectivity index (χ1) is 8.20. The molecular weight excluding hydrogens is 212 g/mol. The van der Waals surface area contributed by atoms with Crippen LogP contribution in [0, 0.1) is 18.3 Å². The Kier molecular flexibility index (Phi) is 3.65. The predicted molar refractivity (Wildman–Crippen MR) is 67.8 cm³/mol. The first-order valence-electron chi connectivity index (χ1n) is 6.16. The molecule has 2 N–H and O–H groups in total. The highest BCUT2D eigenvalue weighted by molar-refractivity contribution is 5.59. The Morgan fingerprint density at radius 2 is 2.12 bits per heavy atom. The van der Waals surface area contributed by atoms with Gasteiger partial charge in [-0.15, -0.1) is 0 Å². The van der Waals surface area contributed by atoms with Gasteiger partial charge >= 0.3 is 0 Å². The lowest BCUT2D eigenvalue weighted by atomic mass is 9.92. The largest absolute Gasteiger partial charge is 0.391 e. The Morgan fingerprint density at radius 3 is 2.82 bits per heavy atom. The number of anilines is 1. The van der Waals surface area contributed by atoms with Crippen molar-refractivity contribution in [1.29, 1.82) is 5.26 Å². The second kappa shape index (κ2) is 5.20. The van der Waals surface area contributed by atoms with Crippen LogP contribution in [0.4, 0.5) is 5.69 Å². The average molecular weight is 230 g/mol. The number of hydrogen-bond donors (Lipinski definition) is 2. The topological polar surface area (TPSA) is 56.0 Å². The van der Waals surface area contributed by atoms with E-state index in [-0.39, 0.29) is 12.1 Å². The van der Waals surface area contributed by atoms with E-state index in [2.05, 4.69) is 11.4 Å². The molecule has 1 saturated carbocycles. The monoisotopic (exact) mass is 230 g/mol. The fraction of sp³-hybridized carbons (Fsp3) is 0.500. The van der Waals surface area contributed by atoms with Crippen LogP contribution in [0.15, 0.2) is 18.2 Å². The molecule has 0 saturated heterocycles. The molecule has 2 atom stereocenters. The molecule has 2 rings (SSSR count). The summed E-state index contributed by atoms with van der Waals surface area (Å²) in [4.78, 5) is 0. The van der Waals surface area contributed by atoms with Crippen LogP contribution in [-0.2, 0) is 0 Å². The SMILES string of the molecule is Cc1ccc(NC2CCCCC2O)c(C#N)c1. The summed E-state index contributed by atoms with van der Waals surface area (Å²) in [6.07, 6.45) is 3.77. The van der Waals surface area contributed by atoms with Gasteiger partial charge in [0.2, 0.25) is 0 Å². The number of nitrogens with zero attached hydrogens (tertiary/aromatic N) is 1. The highest BCUT2D eigenvalue weighted by atomic mass is 16.3. The maximum atomic E-state index is 9.90. The third-order valence-electron chi connectivity index (χ3n) is 3.37. The van der Waals surface area contributed by atoms with E-state index in [1.54, 1.807) is 0 Å². The highest BCUT2D eigenvalue weighted by Gasteiger charge is 2.23. The number of rotatable bonds is 2. The van der Waals surface area contributed by atoms with Crippen molar-refractivity contribution in [1.82, 2.24) is 0 Å². The molecule has 0 aromatic heterocycles. The normalized spacial score (nSPS) is 24.1. The maximum absolute atomic E-state index is 9.90. The molecule has 1 aliphatic carbocycles. The summed E-state index contributed by atoms with van der Waals surface area (Å²) in [5, 5.41) is 22.3. The van der Waals surface area contributed by atoms with Gasteiger partial charge in [0.25, 0.3) is 0 Å². The number of nitriles is 1. The minimum atomic E-state index is -0.295. The molecular formula is C14H18N2O. The van der Waals surface area contributed by atoms with Gasteiger partial charge < -0.3 is 10.4 Å². The molecule has 0 amide bonds. The molecule has 3 heteroatoms. The third kappa shape index (κ3) is 2.78. The van der Waals surface area contributed by atoms with E-state index in [1.165, 1.54) is 0 Å². The third-order valence-corrected chi connectivity index (χ3v) is 3.37. The minimum absolute atomic E-state index is 0.0820. The van der Waals surface area contributed by atoms with Crippen LogP contribution in [0.1, 0.15) is 36.8 Å². The zero-order valence-corrected chi connectivity index (χ0v) is 10.1. The van der Waals surface area contributed by atoms with Crippen molar-refractivity contribution < 1.29 is 5.11 Å². The summed E-state index contributed by atoms with van der Waals surface area (Å²) >= 11 is 0. The summed E-state index contributed by atoms with van der Waals surface area (Å²) in [6, 6.07) is 8.06. The molecule has 1 fully saturated rings. The van der Waals surface area contributed by atoms with Crippen LogP contribution in [0.3, 0.4) is 0 Å². The van der Waals surface area contributed by atoms with E-state index in [0.717, 1.165) is 36.9 Å². The van der Waals surface area contributed by atoms with Gasteiger partial charge in [0.15, 0.2) is 0 Å². The van der Waals surface area contributed by atoms with E-state index in [4.69, 9.17) is 5.26 Å². The fourth-order valence-electron chi connectivity index (χ4n) is 2.36. The van der Waals surface area contributed by atoms with Gasteiger partial charge in [-0.1, -0.05) is 18.9 Å². The summed E-state index contributed by atoms with van der Waals surface area (Å²) in [7, 11) is 0. The number of benzene rings is 1. The molecule has 3 nitrogen and oxygen atoms in total. The van der Waals surface area contributed by atoms with Crippen molar-refractivity contribution in [2.24, 2.45) is 0 Å². The number of aryl methyl sites for hydroxylation is 1. The van der Waals surface area contributed by atoms with E-state index in [9.17, 15) is 5.11 Å². The number of aliphatic hydroxyl groups excluding tert-OH is 1. The zero-order valence-electron chi connectivity index (χ0n) is 10.1. The van der Waals surface area contributed by atoms with Crippen molar-refractivity contribution in [2.45, 2.75) is 44.8 Å². The standard InChI is InChI=1S/C14H18N2O/c1-10-6-7-12(11(8-10)9-15)16-13-4-2-3-5-14(13)17/h6-8,13-14,16-17H,2-5H2,1H3. The lowest BCUT2D eigenvalue weighted by molar-refractivity contribution is 0.116. The van der Waals surface area contributed by atoms with E-state index in [0.29, 0.717) is 5.56 Å². The molecule has 2 unspecified atom stereocenters. The predicted octanol–water partition coefficient (Wildman–Crippen LogP) is 2.58. The van der Waals surface area contributed by atoms with Crippen molar-refractivity contribution in [3.05, 3.63) is 29.3 Å². The fourth-order valence-corrected chi connectivity index (χ4v) is 2.36. The minimum Gasteiger partial charge on any atom is -0.391 e. The Balaban J connectivity index is 2.15. The van der Waals surface area contributed by atoms with Gasteiger partial charge in [-0.25, -0.2) is 0 Å². The van der Waals surface area contributed by atoms with Gasteiger partial charge in [0.1, 0.15) is 6.07 Å².